The summed E-state index contributed by atoms with van der Waals surface area (Å²) in [7, 11) is 0. The summed E-state index contributed by atoms with van der Waals surface area (Å²) >= 11 is 0. The summed E-state index contributed by atoms with van der Waals surface area (Å²) in [5.74, 6) is 0.737. The van der Waals surface area contributed by atoms with E-state index in [0.29, 0.717) is 18.3 Å². The van der Waals surface area contributed by atoms with Gasteiger partial charge in [0.1, 0.15) is 11.7 Å². The van der Waals surface area contributed by atoms with Crippen LogP contribution in [0.5, 0.6) is 0 Å². The van der Waals surface area contributed by atoms with Crippen molar-refractivity contribution < 1.29 is 9.53 Å². The molecule has 0 saturated carbocycles. The molecule has 1 aliphatic rings. The normalized spacial score (nSPS) is 28.2. The molecular formula is C8H12N4O2. The van der Waals surface area contributed by atoms with Gasteiger partial charge in [-0.05, 0) is 20.8 Å². The van der Waals surface area contributed by atoms with E-state index in [4.69, 9.17) is 4.74 Å². The van der Waals surface area contributed by atoms with Gasteiger partial charge in [0.05, 0.1) is 6.61 Å². The van der Waals surface area contributed by atoms with Gasteiger partial charge in [-0.2, -0.15) is 15.0 Å². The Labute approximate surface area is 81.8 Å². The number of amides is 2. The van der Waals surface area contributed by atoms with E-state index in [1.807, 2.05) is 6.92 Å². The van der Waals surface area contributed by atoms with Crippen LogP contribution in [0, 0.1) is 0 Å². The first-order valence-electron chi connectivity index (χ1n) is 4.25. The molecule has 76 valence electrons. The fraction of sp³-hybridized carbons (Fsp3) is 0.500. The summed E-state index contributed by atoms with van der Waals surface area (Å²) in [6.45, 7) is 5.55. The van der Waals surface area contributed by atoms with Crippen LogP contribution in [0.15, 0.2) is 15.0 Å². The maximum Gasteiger partial charge on any atom is 0.348 e. The molecule has 0 spiro atoms. The highest BCUT2D eigenvalue weighted by Crippen LogP contribution is 1.94. The number of hydrogen-bond acceptors (Lipinski definition) is 4. The number of carbonyl (C=O) groups excluding carboxylic acids is 1. The maximum atomic E-state index is 11.0. The summed E-state index contributed by atoms with van der Waals surface area (Å²) < 4.78 is 5.12. The van der Waals surface area contributed by atoms with Crippen LogP contribution in [-0.4, -0.2) is 30.3 Å². The van der Waals surface area contributed by atoms with Gasteiger partial charge in [-0.3, -0.25) is 5.32 Å². The average molecular weight is 196 g/mol. The van der Waals surface area contributed by atoms with Crippen LogP contribution in [0.25, 0.3) is 0 Å². The van der Waals surface area contributed by atoms with E-state index in [0.717, 1.165) is 0 Å². The first-order chi connectivity index (χ1) is 6.61. The smallest absolute Gasteiger partial charge is 0.348 e. The number of nitrogens with one attached hydrogen (secondary N) is 1. The number of urea groups is 1. The van der Waals surface area contributed by atoms with E-state index in [1.165, 1.54) is 0 Å². The predicted molar refractivity (Wildman–Crippen MR) is 53.8 cm³/mol. The zero-order valence-electron chi connectivity index (χ0n) is 8.37. The van der Waals surface area contributed by atoms with Gasteiger partial charge >= 0.3 is 12.1 Å². The van der Waals surface area contributed by atoms with Gasteiger partial charge in [-0.15, -0.1) is 0 Å². The minimum absolute atomic E-state index is 0.214. The molecule has 14 heavy (non-hydrogen) atoms. The maximum absolute atomic E-state index is 11.0. The molecular weight excluding hydrogens is 184 g/mol. The molecule has 0 aromatic rings. The molecule has 6 heteroatoms. The van der Waals surface area contributed by atoms with Crippen LogP contribution in [-0.2, 0) is 4.74 Å². The van der Waals surface area contributed by atoms with Crippen LogP contribution >= 0.6 is 0 Å². The molecule has 0 radical (unpaired) electrons. The van der Waals surface area contributed by atoms with Crippen LogP contribution in [0.2, 0.25) is 0 Å². The van der Waals surface area contributed by atoms with E-state index in [1.54, 1.807) is 13.8 Å². The first kappa shape index (κ1) is 10.4. The Balaban J connectivity index is 2.97. The van der Waals surface area contributed by atoms with Crippen molar-refractivity contribution in [1.29, 1.82) is 0 Å². The molecule has 2 amide bonds. The zero-order valence-corrected chi connectivity index (χ0v) is 8.37. The number of hydrogen-bond donors (Lipinski definition) is 1. The molecule has 1 heterocycles. The molecule has 0 saturated heterocycles. The van der Waals surface area contributed by atoms with Gasteiger partial charge in [0, 0.05) is 0 Å². The van der Waals surface area contributed by atoms with Crippen molar-refractivity contribution in [2.45, 2.75) is 20.8 Å². The number of amidine groups is 3. The SMILES string of the molecule is CCOC1=N/C(C)=N\C(=O)N/C(C)=N\1. The second-order valence-corrected chi connectivity index (χ2v) is 2.61. The number of ether oxygens (including phenoxy) is 1. The Morgan fingerprint density at radius 1 is 1.29 bits per heavy atom. The standard InChI is InChI=1S/C8H12N4O2/c1-4-14-8-11-5(2)9-7(13)10-6(3)12-8/h4H2,1-3H3,(H,9,10,11,12,13). The quantitative estimate of drug-likeness (QED) is 0.677. The Morgan fingerprint density at radius 2 is 2.00 bits per heavy atom. The lowest BCUT2D eigenvalue weighted by Crippen LogP contribution is -2.28. The molecule has 1 N–H and O–H groups in total. The van der Waals surface area contributed by atoms with Crippen molar-refractivity contribution >= 4 is 23.7 Å². The molecule has 0 aromatic carbocycles. The summed E-state index contributed by atoms with van der Waals surface area (Å²) in [5.41, 5.74) is 0. The molecule has 1 rings (SSSR count). The molecule has 0 bridgehead atoms. The fourth-order valence-electron chi connectivity index (χ4n) is 0.883. The van der Waals surface area contributed by atoms with Gasteiger partial charge in [-0.1, -0.05) is 0 Å². The molecule has 0 fully saturated rings. The number of nitrogens with zero attached hydrogens (tertiary/aromatic N) is 3. The minimum Gasteiger partial charge on any atom is -0.464 e. The topological polar surface area (TPSA) is 75.4 Å². The second-order valence-electron chi connectivity index (χ2n) is 2.61. The highest BCUT2D eigenvalue weighted by atomic mass is 16.5. The molecule has 6 nitrogen and oxygen atoms in total. The Bertz CT molecular complexity index is 330. The van der Waals surface area contributed by atoms with Crippen LogP contribution in [0.1, 0.15) is 20.8 Å². The third-order valence-electron chi connectivity index (χ3n) is 1.35. The largest absolute Gasteiger partial charge is 0.464 e. The van der Waals surface area contributed by atoms with Crippen LogP contribution in [0.4, 0.5) is 4.79 Å². The molecule has 0 aliphatic carbocycles. The number of rotatable bonds is 1. The van der Waals surface area contributed by atoms with E-state index in [2.05, 4.69) is 20.3 Å². The second kappa shape index (κ2) is 4.50. The predicted octanol–water partition coefficient (Wildman–Crippen LogP) is 0.939. The molecule has 1 aliphatic heterocycles. The van der Waals surface area contributed by atoms with Gasteiger partial charge in [0.25, 0.3) is 0 Å². The third-order valence-corrected chi connectivity index (χ3v) is 1.35. The van der Waals surface area contributed by atoms with Crippen molar-refractivity contribution in [1.82, 2.24) is 5.32 Å². The molecule has 0 atom stereocenters. The van der Waals surface area contributed by atoms with E-state index >= 15 is 0 Å². The average Bonchev–Trinajstić information content (AvgIpc) is 2.00. The van der Waals surface area contributed by atoms with E-state index in [9.17, 15) is 4.79 Å². The summed E-state index contributed by atoms with van der Waals surface area (Å²) in [4.78, 5) is 22.6. The van der Waals surface area contributed by atoms with Gasteiger partial charge in [0.2, 0.25) is 0 Å². The third kappa shape index (κ3) is 2.96. The lowest BCUT2D eigenvalue weighted by Gasteiger charge is -2.07. The zero-order chi connectivity index (χ0) is 10.6. The van der Waals surface area contributed by atoms with Gasteiger partial charge < -0.3 is 4.74 Å². The lowest BCUT2D eigenvalue weighted by atomic mass is 10.6. The highest BCUT2D eigenvalue weighted by Gasteiger charge is 2.07. The molecule has 0 aromatic heterocycles. The van der Waals surface area contributed by atoms with Crippen molar-refractivity contribution in [2.24, 2.45) is 15.0 Å². The van der Waals surface area contributed by atoms with Gasteiger partial charge in [-0.25, -0.2) is 4.79 Å². The summed E-state index contributed by atoms with van der Waals surface area (Å²) in [6, 6.07) is -0.255. The summed E-state index contributed by atoms with van der Waals surface area (Å²) in [6.07, 6.45) is 0. The molecule has 0 unspecified atom stereocenters. The Morgan fingerprint density at radius 3 is 2.64 bits per heavy atom. The van der Waals surface area contributed by atoms with E-state index in [-0.39, 0.29) is 6.02 Å². The van der Waals surface area contributed by atoms with Crippen molar-refractivity contribution in [3.05, 3.63) is 0 Å². The monoisotopic (exact) mass is 196 g/mol. The van der Waals surface area contributed by atoms with Crippen molar-refractivity contribution in [3.8, 4) is 0 Å². The Hall–Kier alpha value is -1.72. The van der Waals surface area contributed by atoms with Crippen molar-refractivity contribution in [3.63, 3.8) is 0 Å². The minimum atomic E-state index is -0.469. The summed E-state index contributed by atoms with van der Waals surface area (Å²) in [5, 5.41) is 2.46. The Kier molecular flexibility index (Phi) is 3.33. The first-order valence-corrected chi connectivity index (χ1v) is 4.25. The van der Waals surface area contributed by atoms with Gasteiger partial charge in [0.15, 0.2) is 0 Å². The van der Waals surface area contributed by atoms with Crippen LogP contribution < -0.4 is 5.32 Å². The highest BCUT2D eigenvalue weighted by molar-refractivity contribution is 6.09. The van der Waals surface area contributed by atoms with Crippen molar-refractivity contribution in [2.75, 3.05) is 6.61 Å². The fourth-order valence-corrected chi connectivity index (χ4v) is 0.883. The number of aliphatic imine (C=N–C) groups is 3. The van der Waals surface area contributed by atoms with Crippen LogP contribution in [0.3, 0.4) is 0 Å². The number of carbonyl (C=O) groups is 1. The van der Waals surface area contributed by atoms with E-state index < -0.39 is 6.03 Å². The lowest BCUT2D eigenvalue weighted by molar-refractivity contribution is 0.253.